The third kappa shape index (κ3) is 7.09. The summed E-state index contributed by atoms with van der Waals surface area (Å²) in [6.45, 7) is 4.05. The fourth-order valence-electron chi connectivity index (χ4n) is 1.29. The average molecular weight is 232 g/mol. The van der Waals surface area contributed by atoms with E-state index in [1.807, 2.05) is 6.92 Å². The Labute approximate surface area is 95.7 Å². The van der Waals surface area contributed by atoms with Crippen LogP contribution in [0.2, 0.25) is 0 Å². The molecule has 0 spiro atoms. The normalized spacial score (nSPS) is 11.9. The molecule has 0 aromatic heterocycles. The van der Waals surface area contributed by atoms with Gasteiger partial charge in [-0.05, 0) is 19.8 Å². The Morgan fingerprint density at radius 3 is 2.38 bits per heavy atom. The lowest BCUT2D eigenvalue weighted by molar-refractivity contribution is -0.142. The maximum Gasteiger partial charge on any atom is 0.508 e. The van der Waals surface area contributed by atoms with Crippen molar-refractivity contribution >= 4 is 12.1 Å². The second kappa shape index (κ2) is 9.00. The van der Waals surface area contributed by atoms with Crippen molar-refractivity contribution in [3.05, 3.63) is 0 Å². The molecule has 1 N–H and O–H groups in total. The third-order valence-corrected chi connectivity index (χ3v) is 2.20. The van der Waals surface area contributed by atoms with Crippen molar-refractivity contribution in [1.82, 2.24) is 0 Å². The van der Waals surface area contributed by atoms with Crippen LogP contribution in [0.5, 0.6) is 0 Å². The molecule has 0 aromatic carbocycles. The largest absolute Gasteiger partial charge is 0.508 e. The molecule has 0 aliphatic rings. The Morgan fingerprint density at radius 2 is 1.88 bits per heavy atom. The zero-order valence-electron chi connectivity index (χ0n) is 9.90. The minimum absolute atomic E-state index is 0.0967. The van der Waals surface area contributed by atoms with Gasteiger partial charge in [-0.15, -0.1) is 0 Å². The fraction of sp³-hybridized carbons (Fsp3) is 0.818. The van der Waals surface area contributed by atoms with E-state index in [0.717, 1.165) is 12.8 Å². The van der Waals surface area contributed by atoms with Crippen molar-refractivity contribution in [2.45, 2.75) is 39.5 Å². The van der Waals surface area contributed by atoms with Crippen LogP contribution in [0.4, 0.5) is 4.79 Å². The molecule has 0 saturated heterocycles. The summed E-state index contributed by atoms with van der Waals surface area (Å²) in [4.78, 5) is 21.7. The van der Waals surface area contributed by atoms with Gasteiger partial charge in [0, 0.05) is 0 Å². The smallest absolute Gasteiger partial charge is 0.481 e. The molecule has 0 bridgehead atoms. The Hall–Kier alpha value is -1.26. The van der Waals surface area contributed by atoms with Crippen LogP contribution < -0.4 is 0 Å². The average Bonchev–Trinajstić information content (AvgIpc) is 2.23. The highest BCUT2D eigenvalue weighted by atomic mass is 16.7. The number of hydrogen-bond donors (Lipinski definition) is 1. The summed E-state index contributed by atoms with van der Waals surface area (Å²) in [5, 5.41) is 8.90. The maximum absolute atomic E-state index is 10.8. The highest BCUT2D eigenvalue weighted by Crippen LogP contribution is 2.13. The standard InChI is InChI=1S/C11H20O5/c1-3-5-6-9(10(12)13)7-8-16-11(14)15-4-2/h9H,3-8H2,1-2H3,(H,12,13). The first kappa shape index (κ1) is 14.7. The lowest BCUT2D eigenvalue weighted by Gasteiger charge is -2.11. The van der Waals surface area contributed by atoms with Crippen LogP contribution in [-0.4, -0.2) is 30.4 Å². The van der Waals surface area contributed by atoms with Gasteiger partial charge in [0.2, 0.25) is 0 Å². The van der Waals surface area contributed by atoms with Crippen molar-refractivity contribution in [3.8, 4) is 0 Å². The second-order valence-corrected chi connectivity index (χ2v) is 3.50. The molecule has 1 unspecified atom stereocenters. The van der Waals surface area contributed by atoms with Crippen molar-refractivity contribution in [1.29, 1.82) is 0 Å². The number of carboxylic acid groups (broad SMARTS) is 1. The first-order chi connectivity index (χ1) is 7.61. The Kier molecular flexibility index (Phi) is 8.29. The summed E-state index contributed by atoms with van der Waals surface area (Å²) in [5.41, 5.74) is 0. The second-order valence-electron chi connectivity index (χ2n) is 3.50. The van der Waals surface area contributed by atoms with Gasteiger partial charge in [0.1, 0.15) is 0 Å². The number of carboxylic acids is 1. The maximum atomic E-state index is 10.8. The van der Waals surface area contributed by atoms with Crippen LogP contribution in [0.25, 0.3) is 0 Å². The first-order valence-electron chi connectivity index (χ1n) is 5.64. The van der Waals surface area contributed by atoms with E-state index >= 15 is 0 Å². The molecular formula is C11H20O5. The number of carbonyl (C=O) groups excluding carboxylic acids is 1. The molecule has 5 nitrogen and oxygen atoms in total. The highest BCUT2D eigenvalue weighted by molar-refractivity contribution is 5.69. The number of rotatable bonds is 8. The van der Waals surface area contributed by atoms with Gasteiger partial charge in [0.15, 0.2) is 0 Å². The molecule has 94 valence electrons. The van der Waals surface area contributed by atoms with Gasteiger partial charge in [-0.2, -0.15) is 0 Å². The van der Waals surface area contributed by atoms with Gasteiger partial charge in [-0.3, -0.25) is 4.79 Å². The number of ether oxygens (including phenoxy) is 2. The van der Waals surface area contributed by atoms with E-state index in [1.54, 1.807) is 6.92 Å². The number of aliphatic carboxylic acids is 1. The Bertz CT molecular complexity index is 214. The summed E-state index contributed by atoms with van der Waals surface area (Å²) in [6, 6.07) is 0. The molecule has 0 amide bonds. The van der Waals surface area contributed by atoms with Crippen LogP contribution >= 0.6 is 0 Å². The summed E-state index contributed by atoms with van der Waals surface area (Å²) in [6.07, 6.45) is 2.06. The fourth-order valence-corrected chi connectivity index (χ4v) is 1.29. The molecule has 0 aliphatic carbocycles. The molecule has 0 radical (unpaired) electrons. The number of unbranched alkanes of at least 4 members (excludes halogenated alkanes) is 1. The minimum Gasteiger partial charge on any atom is -0.481 e. The van der Waals surface area contributed by atoms with Crippen molar-refractivity contribution in [3.63, 3.8) is 0 Å². The van der Waals surface area contributed by atoms with Crippen LogP contribution in [0.3, 0.4) is 0 Å². The van der Waals surface area contributed by atoms with Gasteiger partial charge < -0.3 is 14.6 Å². The van der Waals surface area contributed by atoms with E-state index < -0.39 is 18.0 Å². The first-order valence-corrected chi connectivity index (χ1v) is 5.64. The molecule has 0 fully saturated rings. The van der Waals surface area contributed by atoms with Crippen LogP contribution in [0, 0.1) is 5.92 Å². The van der Waals surface area contributed by atoms with Gasteiger partial charge in [0.05, 0.1) is 19.1 Å². The summed E-state index contributed by atoms with van der Waals surface area (Å²) >= 11 is 0. The molecule has 16 heavy (non-hydrogen) atoms. The Balaban J connectivity index is 3.75. The van der Waals surface area contributed by atoms with E-state index in [1.165, 1.54) is 0 Å². The summed E-state index contributed by atoms with van der Waals surface area (Å²) in [5.74, 6) is -1.27. The van der Waals surface area contributed by atoms with E-state index in [2.05, 4.69) is 4.74 Å². The molecule has 0 aliphatic heterocycles. The van der Waals surface area contributed by atoms with Crippen LogP contribution in [-0.2, 0) is 14.3 Å². The van der Waals surface area contributed by atoms with E-state index in [-0.39, 0.29) is 13.2 Å². The van der Waals surface area contributed by atoms with Gasteiger partial charge >= 0.3 is 12.1 Å². The number of hydrogen-bond acceptors (Lipinski definition) is 4. The van der Waals surface area contributed by atoms with Gasteiger partial charge in [-0.25, -0.2) is 4.79 Å². The molecule has 0 saturated carbocycles. The lowest BCUT2D eigenvalue weighted by atomic mass is 9.99. The monoisotopic (exact) mass is 232 g/mol. The van der Waals surface area contributed by atoms with E-state index in [9.17, 15) is 9.59 Å². The summed E-state index contributed by atoms with van der Waals surface area (Å²) < 4.78 is 9.28. The molecule has 0 rings (SSSR count). The lowest BCUT2D eigenvalue weighted by Crippen LogP contribution is -2.17. The van der Waals surface area contributed by atoms with Gasteiger partial charge in [-0.1, -0.05) is 19.8 Å². The Morgan fingerprint density at radius 1 is 1.19 bits per heavy atom. The van der Waals surface area contributed by atoms with E-state index in [0.29, 0.717) is 12.8 Å². The molecule has 5 heteroatoms. The predicted octanol–water partition coefficient (Wildman–Crippen LogP) is 2.44. The predicted molar refractivity (Wildman–Crippen MR) is 58.2 cm³/mol. The van der Waals surface area contributed by atoms with Gasteiger partial charge in [0.25, 0.3) is 0 Å². The zero-order chi connectivity index (χ0) is 12.4. The third-order valence-electron chi connectivity index (χ3n) is 2.20. The number of carbonyl (C=O) groups is 2. The highest BCUT2D eigenvalue weighted by Gasteiger charge is 2.17. The van der Waals surface area contributed by atoms with E-state index in [4.69, 9.17) is 9.84 Å². The SMILES string of the molecule is CCCCC(CCOC(=O)OCC)C(=O)O. The topological polar surface area (TPSA) is 72.8 Å². The van der Waals surface area contributed by atoms with Crippen molar-refractivity contribution < 1.29 is 24.2 Å². The van der Waals surface area contributed by atoms with Crippen LogP contribution in [0.15, 0.2) is 0 Å². The van der Waals surface area contributed by atoms with Crippen molar-refractivity contribution in [2.75, 3.05) is 13.2 Å². The summed E-state index contributed by atoms with van der Waals surface area (Å²) in [7, 11) is 0. The molecule has 0 aromatic rings. The zero-order valence-corrected chi connectivity index (χ0v) is 9.90. The molecule has 0 heterocycles. The van der Waals surface area contributed by atoms with Crippen molar-refractivity contribution in [2.24, 2.45) is 5.92 Å². The van der Waals surface area contributed by atoms with Crippen LogP contribution in [0.1, 0.15) is 39.5 Å². The quantitative estimate of drug-likeness (QED) is 0.651. The minimum atomic E-state index is -0.832. The molecular weight excluding hydrogens is 212 g/mol. The molecule has 1 atom stereocenters.